The van der Waals surface area contributed by atoms with E-state index < -0.39 is 0 Å². The molecule has 1 aromatic heterocycles. The van der Waals surface area contributed by atoms with Gasteiger partial charge in [0, 0.05) is 17.5 Å². The first-order valence-corrected chi connectivity index (χ1v) is 11.3. The Hall–Kier alpha value is -1.92. The minimum atomic E-state index is -0.125. The zero-order chi connectivity index (χ0) is 19.3. The summed E-state index contributed by atoms with van der Waals surface area (Å²) in [6.45, 7) is 5.46. The number of likely N-dealkylation sites (tertiary alicyclic amines) is 1. The number of rotatable bonds is 6. The van der Waals surface area contributed by atoms with Crippen LogP contribution in [0.5, 0.6) is 5.75 Å². The van der Waals surface area contributed by atoms with E-state index in [1.165, 1.54) is 37.0 Å². The number of thiazole rings is 1. The summed E-state index contributed by atoms with van der Waals surface area (Å²) in [5, 5.41) is 5.64. The van der Waals surface area contributed by atoms with E-state index in [-0.39, 0.29) is 5.91 Å². The molecule has 5 nitrogen and oxygen atoms in total. The molecule has 1 aliphatic heterocycles. The van der Waals surface area contributed by atoms with Crippen LogP contribution in [0.1, 0.15) is 61.5 Å². The SMILES string of the molecule is CC1CCN(Cc2csc(NC(=O)c3ccc(OC4CCCC4)cc3)n2)CC1. The Morgan fingerprint density at radius 2 is 1.89 bits per heavy atom. The molecule has 1 saturated carbocycles. The molecular formula is C22H29N3O2S. The van der Waals surface area contributed by atoms with Gasteiger partial charge in [0.1, 0.15) is 5.75 Å². The van der Waals surface area contributed by atoms with Gasteiger partial charge in [0.15, 0.2) is 5.13 Å². The van der Waals surface area contributed by atoms with Crippen molar-refractivity contribution in [1.29, 1.82) is 0 Å². The minimum Gasteiger partial charge on any atom is -0.490 e. The van der Waals surface area contributed by atoms with Crippen LogP contribution < -0.4 is 10.1 Å². The molecule has 0 atom stereocenters. The number of aromatic nitrogens is 1. The first-order chi connectivity index (χ1) is 13.7. The van der Waals surface area contributed by atoms with Crippen molar-refractivity contribution in [1.82, 2.24) is 9.88 Å². The molecule has 0 unspecified atom stereocenters. The number of ether oxygens (including phenoxy) is 1. The van der Waals surface area contributed by atoms with E-state index >= 15 is 0 Å². The van der Waals surface area contributed by atoms with Gasteiger partial charge in [-0.1, -0.05) is 6.92 Å². The van der Waals surface area contributed by atoms with Gasteiger partial charge in [0.2, 0.25) is 0 Å². The second-order valence-corrected chi connectivity index (χ2v) is 8.96. The molecule has 6 heteroatoms. The quantitative estimate of drug-likeness (QED) is 0.747. The highest BCUT2D eigenvalue weighted by Gasteiger charge is 2.18. The van der Waals surface area contributed by atoms with Gasteiger partial charge in [-0.2, -0.15) is 0 Å². The van der Waals surface area contributed by atoms with E-state index in [1.807, 2.05) is 29.6 Å². The average molecular weight is 400 g/mol. The molecule has 2 heterocycles. The molecule has 28 heavy (non-hydrogen) atoms. The van der Waals surface area contributed by atoms with Crippen molar-refractivity contribution in [3.8, 4) is 5.75 Å². The third-order valence-electron chi connectivity index (χ3n) is 5.76. The van der Waals surface area contributed by atoms with Gasteiger partial charge in [-0.3, -0.25) is 15.0 Å². The fourth-order valence-corrected chi connectivity index (χ4v) is 4.64. The Morgan fingerprint density at radius 1 is 1.18 bits per heavy atom. The van der Waals surface area contributed by atoms with E-state index in [9.17, 15) is 4.79 Å². The first kappa shape index (κ1) is 19.4. The predicted octanol–water partition coefficient (Wildman–Crippen LogP) is 4.95. The number of nitrogens with zero attached hydrogens (tertiary/aromatic N) is 2. The van der Waals surface area contributed by atoms with Crippen LogP contribution in [0, 0.1) is 5.92 Å². The van der Waals surface area contributed by atoms with Crippen LogP contribution >= 0.6 is 11.3 Å². The molecule has 2 aromatic rings. The third-order valence-corrected chi connectivity index (χ3v) is 6.56. The summed E-state index contributed by atoms with van der Waals surface area (Å²) in [5.41, 5.74) is 1.66. The van der Waals surface area contributed by atoms with Gasteiger partial charge in [-0.15, -0.1) is 11.3 Å². The summed E-state index contributed by atoms with van der Waals surface area (Å²) in [6, 6.07) is 7.42. The lowest BCUT2D eigenvalue weighted by Gasteiger charge is -2.29. The van der Waals surface area contributed by atoms with Crippen LogP contribution in [0.3, 0.4) is 0 Å². The van der Waals surface area contributed by atoms with E-state index in [0.29, 0.717) is 16.8 Å². The van der Waals surface area contributed by atoms with Gasteiger partial charge in [0.05, 0.1) is 11.8 Å². The second-order valence-electron chi connectivity index (χ2n) is 8.11. The monoisotopic (exact) mass is 399 g/mol. The van der Waals surface area contributed by atoms with E-state index in [1.54, 1.807) is 0 Å². The Kier molecular flexibility index (Phi) is 6.27. The number of amides is 1. The maximum Gasteiger partial charge on any atom is 0.257 e. The Bertz CT molecular complexity index is 775. The first-order valence-electron chi connectivity index (χ1n) is 10.4. The average Bonchev–Trinajstić information content (AvgIpc) is 3.36. The van der Waals surface area contributed by atoms with Crippen LogP contribution in [0.15, 0.2) is 29.6 Å². The molecule has 1 saturated heterocycles. The standard InChI is InChI=1S/C22H29N3O2S/c1-16-10-12-25(13-11-16)14-18-15-28-22(23-18)24-21(26)17-6-8-20(9-7-17)27-19-4-2-3-5-19/h6-9,15-16,19H,2-5,10-14H2,1H3,(H,23,24,26). The molecule has 0 bridgehead atoms. The number of nitrogens with one attached hydrogen (secondary N) is 1. The third kappa shape index (κ3) is 5.11. The van der Waals surface area contributed by atoms with Crippen molar-refractivity contribution in [2.75, 3.05) is 18.4 Å². The summed E-state index contributed by atoms with van der Waals surface area (Å²) in [5.74, 6) is 1.55. The highest BCUT2D eigenvalue weighted by atomic mass is 32.1. The number of carbonyl (C=O) groups excluding carboxylic acids is 1. The molecule has 0 radical (unpaired) electrons. The van der Waals surface area contributed by atoms with Crippen LogP contribution in [-0.4, -0.2) is 35.0 Å². The maximum absolute atomic E-state index is 12.5. The number of hydrogen-bond donors (Lipinski definition) is 1. The van der Waals surface area contributed by atoms with E-state index in [4.69, 9.17) is 4.74 Å². The van der Waals surface area contributed by atoms with Crippen molar-refractivity contribution >= 4 is 22.4 Å². The van der Waals surface area contributed by atoms with E-state index in [0.717, 1.165) is 49.8 Å². The summed E-state index contributed by atoms with van der Waals surface area (Å²) in [6.07, 6.45) is 7.60. The molecule has 1 aliphatic carbocycles. The van der Waals surface area contributed by atoms with Crippen molar-refractivity contribution in [3.05, 3.63) is 40.9 Å². The van der Waals surface area contributed by atoms with E-state index in [2.05, 4.69) is 22.1 Å². The van der Waals surface area contributed by atoms with Crippen LogP contribution in [-0.2, 0) is 6.54 Å². The summed E-state index contributed by atoms with van der Waals surface area (Å²) in [4.78, 5) is 19.6. The minimum absolute atomic E-state index is 0.125. The van der Waals surface area contributed by atoms with Crippen molar-refractivity contribution < 1.29 is 9.53 Å². The van der Waals surface area contributed by atoms with Gasteiger partial charge in [-0.05, 0) is 81.8 Å². The van der Waals surface area contributed by atoms with Gasteiger partial charge in [-0.25, -0.2) is 4.98 Å². The summed E-state index contributed by atoms with van der Waals surface area (Å²) >= 11 is 1.49. The fourth-order valence-electron chi connectivity index (χ4n) is 3.94. The van der Waals surface area contributed by atoms with Crippen LogP contribution in [0.4, 0.5) is 5.13 Å². The van der Waals surface area contributed by atoms with Crippen LogP contribution in [0.25, 0.3) is 0 Å². The topological polar surface area (TPSA) is 54.5 Å². The van der Waals surface area contributed by atoms with Crippen LogP contribution in [0.2, 0.25) is 0 Å². The molecule has 4 rings (SSSR count). The number of anilines is 1. The molecule has 2 aliphatic rings. The number of hydrogen-bond acceptors (Lipinski definition) is 5. The molecule has 150 valence electrons. The number of piperidine rings is 1. The highest BCUT2D eigenvalue weighted by molar-refractivity contribution is 7.13. The maximum atomic E-state index is 12.5. The molecular weight excluding hydrogens is 370 g/mol. The Morgan fingerprint density at radius 3 is 2.61 bits per heavy atom. The lowest BCUT2D eigenvalue weighted by atomic mass is 9.99. The number of carbonyl (C=O) groups is 1. The second kappa shape index (κ2) is 9.05. The highest BCUT2D eigenvalue weighted by Crippen LogP contribution is 2.25. The lowest BCUT2D eigenvalue weighted by molar-refractivity contribution is 0.102. The normalized spacial score (nSPS) is 19.0. The predicted molar refractivity (Wildman–Crippen MR) is 113 cm³/mol. The molecule has 0 spiro atoms. The molecule has 2 fully saturated rings. The number of benzene rings is 1. The molecule has 1 amide bonds. The lowest BCUT2D eigenvalue weighted by Crippen LogP contribution is -2.32. The smallest absolute Gasteiger partial charge is 0.257 e. The Labute approximate surface area is 171 Å². The van der Waals surface area contributed by atoms with Crippen molar-refractivity contribution in [3.63, 3.8) is 0 Å². The largest absolute Gasteiger partial charge is 0.490 e. The fraction of sp³-hybridized carbons (Fsp3) is 0.545. The molecule has 1 N–H and O–H groups in total. The zero-order valence-corrected chi connectivity index (χ0v) is 17.3. The Balaban J connectivity index is 1.29. The van der Waals surface area contributed by atoms with Gasteiger partial charge < -0.3 is 4.74 Å². The molecule has 1 aromatic carbocycles. The summed E-state index contributed by atoms with van der Waals surface area (Å²) in [7, 11) is 0. The van der Waals surface area contributed by atoms with Crippen molar-refractivity contribution in [2.24, 2.45) is 5.92 Å². The van der Waals surface area contributed by atoms with Crippen molar-refractivity contribution in [2.45, 2.75) is 58.1 Å². The summed E-state index contributed by atoms with van der Waals surface area (Å²) < 4.78 is 5.96. The zero-order valence-electron chi connectivity index (χ0n) is 16.5. The van der Waals surface area contributed by atoms with Gasteiger partial charge >= 0.3 is 0 Å². The van der Waals surface area contributed by atoms with Gasteiger partial charge in [0.25, 0.3) is 5.91 Å².